The van der Waals surface area contributed by atoms with E-state index >= 15 is 0 Å². The van der Waals surface area contributed by atoms with Gasteiger partial charge < -0.3 is 10.2 Å². The predicted octanol–water partition coefficient (Wildman–Crippen LogP) is 3.38. The highest BCUT2D eigenvalue weighted by Crippen LogP contribution is 2.37. The number of nitrogens with one attached hydrogen (secondary N) is 1. The first-order valence-corrected chi connectivity index (χ1v) is 8.20. The van der Waals surface area contributed by atoms with Gasteiger partial charge in [-0.25, -0.2) is 0 Å². The molecule has 1 atom stereocenters. The van der Waals surface area contributed by atoms with Crippen LogP contribution in [0.4, 0.5) is 0 Å². The Balaban J connectivity index is 1.46. The minimum Gasteiger partial charge on any atom is -0.310 e. The Morgan fingerprint density at radius 2 is 1.89 bits per heavy atom. The van der Waals surface area contributed by atoms with Gasteiger partial charge in [0.15, 0.2) is 0 Å². The second-order valence-electron chi connectivity index (χ2n) is 6.18. The minimum absolute atomic E-state index is 0.717. The Bertz CT molecular complexity index is 411. The molecule has 0 radical (unpaired) electrons. The van der Waals surface area contributed by atoms with Crippen LogP contribution in [0, 0.1) is 0 Å². The summed E-state index contributed by atoms with van der Waals surface area (Å²) in [6, 6.07) is 10.3. The summed E-state index contributed by atoms with van der Waals surface area (Å²) in [5.41, 5.74) is 1.50. The van der Waals surface area contributed by atoms with Crippen LogP contribution >= 0.6 is 15.9 Å². The standard InChI is InChI=1S/C16H23BrN2/c1-19-8-2-3-15(11-19)18-16-9-13(10-16)12-4-6-14(17)7-5-12/h4-7,13,15-16,18H,2-3,8-11H2,1H3. The second-order valence-corrected chi connectivity index (χ2v) is 7.10. The van der Waals surface area contributed by atoms with Gasteiger partial charge in [0.1, 0.15) is 0 Å². The molecule has 1 unspecified atom stereocenters. The summed E-state index contributed by atoms with van der Waals surface area (Å²) in [5.74, 6) is 0.770. The van der Waals surface area contributed by atoms with Crippen molar-refractivity contribution in [2.75, 3.05) is 20.1 Å². The molecule has 1 aromatic carbocycles. The van der Waals surface area contributed by atoms with Gasteiger partial charge in [0.25, 0.3) is 0 Å². The van der Waals surface area contributed by atoms with Crippen LogP contribution in [-0.2, 0) is 0 Å². The number of likely N-dealkylation sites (N-methyl/N-ethyl adjacent to an activating group) is 1. The number of halogens is 1. The molecule has 2 nitrogen and oxygen atoms in total. The maximum absolute atomic E-state index is 3.85. The van der Waals surface area contributed by atoms with E-state index < -0.39 is 0 Å². The molecule has 1 aliphatic heterocycles. The highest BCUT2D eigenvalue weighted by molar-refractivity contribution is 9.10. The molecule has 19 heavy (non-hydrogen) atoms. The molecule has 1 heterocycles. The van der Waals surface area contributed by atoms with E-state index in [1.807, 2.05) is 0 Å². The molecule has 2 fully saturated rings. The van der Waals surface area contributed by atoms with E-state index in [1.54, 1.807) is 0 Å². The summed E-state index contributed by atoms with van der Waals surface area (Å²) in [6.07, 6.45) is 5.31. The van der Waals surface area contributed by atoms with Gasteiger partial charge in [0.05, 0.1) is 0 Å². The van der Waals surface area contributed by atoms with E-state index in [9.17, 15) is 0 Å². The Kier molecular flexibility index (Phi) is 4.25. The number of likely N-dealkylation sites (tertiary alicyclic amines) is 1. The third kappa shape index (κ3) is 3.39. The maximum Gasteiger partial charge on any atom is 0.0197 e. The third-order valence-corrected chi connectivity index (χ3v) is 5.10. The number of nitrogens with zero attached hydrogens (tertiary/aromatic N) is 1. The smallest absolute Gasteiger partial charge is 0.0197 e. The summed E-state index contributed by atoms with van der Waals surface area (Å²) < 4.78 is 1.18. The van der Waals surface area contributed by atoms with Crippen LogP contribution in [0.3, 0.4) is 0 Å². The number of hydrogen-bond donors (Lipinski definition) is 1. The maximum atomic E-state index is 3.85. The van der Waals surface area contributed by atoms with E-state index in [-0.39, 0.29) is 0 Å². The molecule has 0 amide bonds. The lowest BCUT2D eigenvalue weighted by Gasteiger charge is -2.41. The van der Waals surface area contributed by atoms with E-state index in [1.165, 1.54) is 48.8 Å². The molecule has 104 valence electrons. The molecule has 1 aliphatic carbocycles. The van der Waals surface area contributed by atoms with Crippen LogP contribution in [0.15, 0.2) is 28.7 Å². The van der Waals surface area contributed by atoms with Gasteiger partial charge in [-0.05, 0) is 62.9 Å². The molecular weight excluding hydrogens is 300 g/mol. The SMILES string of the molecule is CN1CCCC(NC2CC(c3ccc(Br)cc3)C2)C1. The number of rotatable bonds is 3. The summed E-state index contributed by atoms with van der Waals surface area (Å²) in [4.78, 5) is 2.45. The Morgan fingerprint density at radius 1 is 1.16 bits per heavy atom. The fraction of sp³-hybridized carbons (Fsp3) is 0.625. The lowest BCUT2D eigenvalue weighted by Crippen LogP contribution is -2.51. The fourth-order valence-corrected chi connectivity index (χ4v) is 3.66. The van der Waals surface area contributed by atoms with Gasteiger partial charge >= 0.3 is 0 Å². The van der Waals surface area contributed by atoms with Crippen molar-refractivity contribution in [2.24, 2.45) is 0 Å². The first-order valence-electron chi connectivity index (χ1n) is 7.41. The normalized spacial score (nSPS) is 32.0. The Hall–Kier alpha value is -0.380. The monoisotopic (exact) mass is 322 g/mol. The zero-order chi connectivity index (χ0) is 13.2. The van der Waals surface area contributed by atoms with Crippen LogP contribution in [0.25, 0.3) is 0 Å². The van der Waals surface area contributed by atoms with Crippen molar-refractivity contribution < 1.29 is 0 Å². The molecule has 0 bridgehead atoms. The number of piperidine rings is 1. The van der Waals surface area contributed by atoms with Crippen molar-refractivity contribution >= 4 is 15.9 Å². The van der Waals surface area contributed by atoms with E-state index in [0.717, 1.165) is 18.0 Å². The molecule has 2 aliphatic rings. The fourth-order valence-electron chi connectivity index (χ4n) is 3.40. The van der Waals surface area contributed by atoms with Crippen LogP contribution in [0.1, 0.15) is 37.2 Å². The zero-order valence-corrected chi connectivity index (χ0v) is 13.2. The largest absolute Gasteiger partial charge is 0.310 e. The number of hydrogen-bond acceptors (Lipinski definition) is 2. The Labute approximate surface area is 124 Å². The van der Waals surface area contributed by atoms with Crippen molar-refractivity contribution in [3.8, 4) is 0 Å². The summed E-state index contributed by atoms with van der Waals surface area (Å²) in [6.45, 7) is 2.49. The van der Waals surface area contributed by atoms with Gasteiger partial charge in [0, 0.05) is 23.1 Å². The van der Waals surface area contributed by atoms with Gasteiger partial charge in [-0.1, -0.05) is 28.1 Å². The lowest BCUT2D eigenvalue weighted by atomic mass is 9.75. The average molecular weight is 323 g/mol. The van der Waals surface area contributed by atoms with Crippen LogP contribution in [0.2, 0.25) is 0 Å². The van der Waals surface area contributed by atoms with Crippen LogP contribution in [0.5, 0.6) is 0 Å². The van der Waals surface area contributed by atoms with Crippen molar-refractivity contribution in [2.45, 2.75) is 43.7 Å². The molecule has 3 heteroatoms. The van der Waals surface area contributed by atoms with E-state index in [0.29, 0.717) is 0 Å². The zero-order valence-electron chi connectivity index (χ0n) is 11.6. The quantitative estimate of drug-likeness (QED) is 0.917. The number of benzene rings is 1. The summed E-state index contributed by atoms with van der Waals surface area (Å²) >= 11 is 3.50. The molecule has 3 rings (SSSR count). The predicted molar refractivity (Wildman–Crippen MR) is 83.6 cm³/mol. The van der Waals surface area contributed by atoms with Gasteiger partial charge in [0.2, 0.25) is 0 Å². The van der Waals surface area contributed by atoms with Crippen molar-refractivity contribution in [3.63, 3.8) is 0 Å². The van der Waals surface area contributed by atoms with Gasteiger partial charge in [-0.15, -0.1) is 0 Å². The van der Waals surface area contributed by atoms with Crippen molar-refractivity contribution in [1.29, 1.82) is 0 Å². The lowest BCUT2D eigenvalue weighted by molar-refractivity contribution is 0.185. The third-order valence-electron chi connectivity index (χ3n) is 4.58. The highest BCUT2D eigenvalue weighted by Gasteiger charge is 2.32. The summed E-state index contributed by atoms with van der Waals surface area (Å²) in [7, 11) is 2.24. The molecule has 1 aromatic rings. The first kappa shape index (κ1) is 13.6. The summed E-state index contributed by atoms with van der Waals surface area (Å²) in [5, 5.41) is 3.85. The van der Waals surface area contributed by atoms with Crippen molar-refractivity contribution in [1.82, 2.24) is 10.2 Å². The van der Waals surface area contributed by atoms with E-state index in [2.05, 4.69) is 57.5 Å². The van der Waals surface area contributed by atoms with E-state index in [4.69, 9.17) is 0 Å². The van der Waals surface area contributed by atoms with Crippen LogP contribution in [-0.4, -0.2) is 37.1 Å². The van der Waals surface area contributed by atoms with Crippen LogP contribution < -0.4 is 5.32 Å². The van der Waals surface area contributed by atoms with Gasteiger partial charge in [-0.2, -0.15) is 0 Å². The first-order chi connectivity index (χ1) is 9.20. The molecule has 0 aromatic heterocycles. The minimum atomic E-state index is 0.717. The molecule has 0 spiro atoms. The Morgan fingerprint density at radius 3 is 2.58 bits per heavy atom. The molecule has 1 saturated carbocycles. The van der Waals surface area contributed by atoms with Gasteiger partial charge in [-0.3, -0.25) is 0 Å². The second kappa shape index (κ2) is 5.94. The topological polar surface area (TPSA) is 15.3 Å². The molecule has 1 N–H and O–H groups in total. The molecular formula is C16H23BrN2. The average Bonchev–Trinajstić information content (AvgIpc) is 2.35. The highest BCUT2D eigenvalue weighted by atomic mass is 79.9. The molecule has 1 saturated heterocycles. The van der Waals surface area contributed by atoms with Crippen molar-refractivity contribution in [3.05, 3.63) is 34.3 Å².